The van der Waals surface area contributed by atoms with Crippen molar-refractivity contribution in [3.8, 4) is 5.75 Å². The Bertz CT molecular complexity index is 1610. The monoisotopic (exact) mass is 650 g/mol. The maximum absolute atomic E-state index is 14.3. The van der Waals surface area contributed by atoms with Gasteiger partial charge in [-0.25, -0.2) is 18.9 Å². The van der Waals surface area contributed by atoms with Gasteiger partial charge in [-0.05, 0) is 108 Å². The van der Waals surface area contributed by atoms with Crippen LogP contribution in [0.4, 0.5) is 14.9 Å². The third kappa shape index (κ3) is 8.45. The second kappa shape index (κ2) is 13.5. The van der Waals surface area contributed by atoms with Gasteiger partial charge in [-0.1, -0.05) is 24.3 Å². The molecule has 1 saturated heterocycles. The summed E-state index contributed by atoms with van der Waals surface area (Å²) in [6.45, 7) is 11.7. The fourth-order valence-electron chi connectivity index (χ4n) is 4.92. The molecule has 1 N–H and O–H groups in total. The zero-order valence-electron chi connectivity index (χ0n) is 27.0. The van der Waals surface area contributed by atoms with Crippen LogP contribution in [0.3, 0.4) is 0 Å². The molecule has 0 bridgehead atoms. The minimum atomic E-state index is -1.41. The summed E-state index contributed by atoms with van der Waals surface area (Å²) in [6.07, 6.45) is -1.13. The van der Waals surface area contributed by atoms with E-state index in [9.17, 15) is 28.7 Å². The quantitative estimate of drug-likeness (QED) is 0.274. The molecule has 1 unspecified atom stereocenters. The number of hydrogen-bond acceptors (Lipinski definition) is 8. The van der Waals surface area contributed by atoms with E-state index in [0.29, 0.717) is 16.8 Å². The number of thioether (sulfide) groups is 1. The van der Waals surface area contributed by atoms with E-state index < -0.39 is 40.6 Å². The number of carbonyl (C=O) groups excluding carboxylic acids is 4. The second-order valence-electron chi connectivity index (χ2n) is 13.1. The van der Waals surface area contributed by atoms with Crippen LogP contribution in [0.5, 0.6) is 5.75 Å². The Morgan fingerprint density at radius 2 is 1.57 bits per heavy atom. The number of rotatable bonds is 7. The number of aromatic hydroxyl groups is 1. The highest BCUT2D eigenvalue weighted by atomic mass is 32.2. The Labute approximate surface area is 272 Å². The molecular formula is C35H39FN2O7S. The fraction of sp³-hybridized carbons (Fsp3) is 0.371. The van der Waals surface area contributed by atoms with Crippen molar-refractivity contribution < 1.29 is 38.1 Å². The van der Waals surface area contributed by atoms with Gasteiger partial charge < -0.3 is 14.6 Å². The van der Waals surface area contributed by atoms with E-state index in [0.717, 1.165) is 10.5 Å². The summed E-state index contributed by atoms with van der Waals surface area (Å²) in [5.74, 6) is -1.89. The lowest BCUT2D eigenvalue weighted by molar-refractivity contribution is -0.160. The molecule has 4 rings (SSSR count). The van der Waals surface area contributed by atoms with Crippen molar-refractivity contribution in [3.05, 3.63) is 94.8 Å². The Balaban J connectivity index is 1.75. The molecule has 2 atom stereocenters. The summed E-state index contributed by atoms with van der Waals surface area (Å²) < 4.78 is 24.9. The van der Waals surface area contributed by atoms with Crippen LogP contribution in [0.1, 0.15) is 74.0 Å². The molecule has 11 heteroatoms. The van der Waals surface area contributed by atoms with Crippen molar-refractivity contribution >= 4 is 41.3 Å². The zero-order chi connectivity index (χ0) is 34.0. The Hall–Kier alpha value is -4.38. The smallest absolute Gasteiger partial charge is 0.418 e. The van der Waals surface area contributed by atoms with E-state index in [1.54, 1.807) is 89.8 Å². The second-order valence-corrected chi connectivity index (χ2v) is 14.1. The number of halogens is 1. The first-order valence-corrected chi connectivity index (χ1v) is 15.9. The molecule has 3 aromatic carbocycles. The molecule has 0 aromatic heterocycles. The van der Waals surface area contributed by atoms with Gasteiger partial charge in [0.05, 0.1) is 5.75 Å². The van der Waals surface area contributed by atoms with Gasteiger partial charge in [0.25, 0.3) is 5.91 Å². The van der Waals surface area contributed by atoms with E-state index in [-0.39, 0.29) is 35.2 Å². The van der Waals surface area contributed by atoms with Crippen LogP contribution in [0.2, 0.25) is 0 Å². The number of phenolic OH excluding ortho intramolecular Hbond substituents is 1. The average molecular weight is 651 g/mol. The normalized spacial score (nSPS) is 15.8. The van der Waals surface area contributed by atoms with Crippen molar-refractivity contribution in [2.75, 3.05) is 10.7 Å². The Morgan fingerprint density at radius 3 is 2.13 bits per heavy atom. The Kier molecular flexibility index (Phi) is 10.2. The van der Waals surface area contributed by atoms with Crippen LogP contribution < -0.4 is 4.90 Å². The number of hydrogen-bond donors (Lipinski definition) is 1. The first kappa shape index (κ1) is 34.5. The Morgan fingerprint density at radius 1 is 0.957 bits per heavy atom. The summed E-state index contributed by atoms with van der Waals surface area (Å²) in [4.78, 5) is 57.0. The predicted octanol–water partition coefficient (Wildman–Crippen LogP) is 6.95. The van der Waals surface area contributed by atoms with Gasteiger partial charge in [0.1, 0.15) is 34.2 Å². The molecule has 1 fully saturated rings. The van der Waals surface area contributed by atoms with E-state index in [4.69, 9.17) is 9.47 Å². The summed E-state index contributed by atoms with van der Waals surface area (Å²) >= 11 is 1.41. The zero-order valence-corrected chi connectivity index (χ0v) is 27.8. The number of aryl methyl sites for hydroxylation is 1. The molecule has 3 aromatic rings. The standard InChI is InChI=1S/C35H39FN2O7S/c1-21-18-24(12-17-27(21)37-29(40)20-46-31(37)23-10-13-25(36)14-11-23)30(41)38(33(43)45-35(5,6)7)28(32(42)44-34(2,3)4)19-22-8-15-26(39)16-9-22/h8-18,28,31,39H,19-20H2,1-7H3/t28-,31?/m0/s1. The molecule has 1 heterocycles. The van der Waals surface area contributed by atoms with Crippen LogP contribution in [0.25, 0.3) is 0 Å². The summed E-state index contributed by atoms with van der Waals surface area (Å²) in [5, 5.41) is 9.38. The summed E-state index contributed by atoms with van der Waals surface area (Å²) in [5.41, 5.74) is 0.620. The first-order valence-electron chi connectivity index (χ1n) is 14.8. The molecular weight excluding hydrogens is 611 g/mol. The number of amides is 3. The van der Waals surface area contributed by atoms with Crippen molar-refractivity contribution in [3.63, 3.8) is 0 Å². The minimum absolute atomic E-state index is 0.0183. The number of benzene rings is 3. The molecule has 1 aliphatic heterocycles. The lowest BCUT2D eigenvalue weighted by Gasteiger charge is -2.33. The molecule has 3 amide bonds. The molecule has 244 valence electrons. The SMILES string of the molecule is Cc1cc(C(=O)N(C(=O)OC(C)(C)C)[C@@H](Cc2ccc(O)cc2)C(=O)OC(C)(C)C)ccc1N1C(=O)CSC1c1ccc(F)cc1. The molecule has 46 heavy (non-hydrogen) atoms. The van der Waals surface area contributed by atoms with Crippen molar-refractivity contribution in [1.82, 2.24) is 4.90 Å². The average Bonchev–Trinajstić information content (AvgIpc) is 3.33. The predicted molar refractivity (Wildman–Crippen MR) is 174 cm³/mol. The van der Waals surface area contributed by atoms with Crippen LogP contribution in [-0.2, 0) is 25.5 Å². The van der Waals surface area contributed by atoms with Crippen molar-refractivity contribution in [1.29, 1.82) is 0 Å². The van der Waals surface area contributed by atoms with Gasteiger partial charge in [0, 0.05) is 17.7 Å². The first-order chi connectivity index (χ1) is 21.4. The van der Waals surface area contributed by atoms with Crippen LogP contribution in [0.15, 0.2) is 66.7 Å². The summed E-state index contributed by atoms with van der Waals surface area (Å²) in [7, 11) is 0. The molecule has 9 nitrogen and oxygen atoms in total. The van der Waals surface area contributed by atoms with Crippen LogP contribution in [-0.4, -0.2) is 56.9 Å². The highest BCUT2D eigenvalue weighted by Gasteiger charge is 2.41. The topological polar surface area (TPSA) is 113 Å². The van der Waals surface area contributed by atoms with Gasteiger partial charge in [0.15, 0.2) is 0 Å². The van der Waals surface area contributed by atoms with E-state index in [2.05, 4.69) is 0 Å². The lowest BCUT2D eigenvalue weighted by Crippen LogP contribution is -2.53. The number of imide groups is 1. The number of ether oxygens (including phenoxy) is 2. The van der Waals surface area contributed by atoms with Crippen molar-refractivity contribution in [2.45, 2.75) is 77.5 Å². The van der Waals surface area contributed by atoms with E-state index in [1.807, 2.05) is 0 Å². The van der Waals surface area contributed by atoms with Gasteiger partial charge >= 0.3 is 12.1 Å². The van der Waals surface area contributed by atoms with Crippen LogP contribution in [0, 0.1) is 12.7 Å². The number of phenols is 1. The number of nitrogens with zero attached hydrogens (tertiary/aromatic N) is 2. The molecule has 0 radical (unpaired) electrons. The van der Waals surface area contributed by atoms with Crippen molar-refractivity contribution in [2.24, 2.45) is 0 Å². The van der Waals surface area contributed by atoms with Gasteiger partial charge in [0.2, 0.25) is 5.91 Å². The lowest BCUT2D eigenvalue weighted by atomic mass is 10.0. The molecule has 0 spiro atoms. The molecule has 0 saturated carbocycles. The fourth-order valence-corrected chi connectivity index (χ4v) is 6.09. The van der Waals surface area contributed by atoms with Gasteiger partial charge in [-0.3, -0.25) is 14.5 Å². The van der Waals surface area contributed by atoms with E-state index in [1.165, 1.54) is 42.1 Å². The maximum atomic E-state index is 14.3. The molecule has 1 aliphatic rings. The minimum Gasteiger partial charge on any atom is -0.508 e. The van der Waals surface area contributed by atoms with E-state index >= 15 is 0 Å². The van der Waals surface area contributed by atoms with Crippen LogP contribution >= 0.6 is 11.8 Å². The summed E-state index contributed by atoms with van der Waals surface area (Å²) in [6, 6.07) is 15.3. The molecule has 0 aliphatic carbocycles. The third-order valence-corrected chi connectivity index (χ3v) is 8.10. The maximum Gasteiger partial charge on any atom is 0.418 e. The third-order valence-electron chi connectivity index (χ3n) is 6.89. The highest BCUT2D eigenvalue weighted by Crippen LogP contribution is 2.43. The van der Waals surface area contributed by atoms with Gasteiger partial charge in [-0.15, -0.1) is 11.8 Å². The highest BCUT2D eigenvalue weighted by molar-refractivity contribution is 8.00. The van der Waals surface area contributed by atoms with Gasteiger partial charge in [-0.2, -0.15) is 0 Å². The number of esters is 1. The number of carbonyl (C=O) groups is 4. The number of anilines is 1. The largest absolute Gasteiger partial charge is 0.508 e.